The van der Waals surface area contributed by atoms with Crippen LogP contribution < -0.4 is 10.6 Å². The summed E-state index contributed by atoms with van der Waals surface area (Å²) in [5, 5.41) is 5.66. The average molecular weight is 357 g/mol. The van der Waals surface area contributed by atoms with Crippen LogP contribution in [0, 0.1) is 0 Å². The van der Waals surface area contributed by atoms with Crippen LogP contribution in [0.25, 0.3) is 6.08 Å². The standard InChI is InChI=1S/C18H13ClN2O4/c19-12-4-1-5-13(10-12)20-17(22)15(11-14-6-2-8-24-14)21-18(23)16-7-3-9-25-16/h1-11H,(H,20,22)(H,21,23)/b15-11-. The molecule has 0 unspecified atom stereocenters. The molecule has 0 spiro atoms. The maximum absolute atomic E-state index is 12.5. The minimum atomic E-state index is -0.552. The van der Waals surface area contributed by atoms with E-state index >= 15 is 0 Å². The number of rotatable bonds is 5. The van der Waals surface area contributed by atoms with Gasteiger partial charge in [-0.05, 0) is 42.5 Å². The SMILES string of the molecule is O=C(Nc1cccc(Cl)c1)/C(=C/c1ccco1)NC(=O)c1ccco1. The highest BCUT2D eigenvalue weighted by Gasteiger charge is 2.17. The van der Waals surface area contributed by atoms with Crippen molar-refractivity contribution in [1.82, 2.24) is 5.32 Å². The normalized spacial score (nSPS) is 11.2. The second-order valence-electron chi connectivity index (χ2n) is 4.97. The number of halogens is 1. The first-order valence-electron chi connectivity index (χ1n) is 7.29. The van der Waals surface area contributed by atoms with Gasteiger partial charge >= 0.3 is 0 Å². The van der Waals surface area contributed by atoms with Crippen LogP contribution in [0.3, 0.4) is 0 Å². The van der Waals surface area contributed by atoms with Gasteiger partial charge in [-0.3, -0.25) is 9.59 Å². The molecule has 2 heterocycles. The van der Waals surface area contributed by atoms with Crippen molar-refractivity contribution in [3.63, 3.8) is 0 Å². The van der Waals surface area contributed by atoms with Gasteiger partial charge in [0, 0.05) is 16.8 Å². The van der Waals surface area contributed by atoms with Crippen molar-refractivity contribution < 1.29 is 18.4 Å². The van der Waals surface area contributed by atoms with Gasteiger partial charge < -0.3 is 19.5 Å². The van der Waals surface area contributed by atoms with Crippen LogP contribution in [-0.2, 0) is 4.79 Å². The van der Waals surface area contributed by atoms with Gasteiger partial charge in [0.1, 0.15) is 11.5 Å². The Hall–Kier alpha value is -3.25. The van der Waals surface area contributed by atoms with E-state index in [1.807, 2.05) is 0 Å². The van der Waals surface area contributed by atoms with Crippen LogP contribution in [0.2, 0.25) is 5.02 Å². The molecule has 0 radical (unpaired) electrons. The van der Waals surface area contributed by atoms with E-state index in [4.69, 9.17) is 20.4 Å². The Morgan fingerprint density at radius 3 is 2.48 bits per heavy atom. The van der Waals surface area contributed by atoms with E-state index in [2.05, 4.69) is 10.6 Å². The second-order valence-corrected chi connectivity index (χ2v) is 5.41. The quantitative estimate of drug-likeness (QED) is 0.678. The summed E-state index contributed by atoms with van der Waals surface area (Å²) in [5.74, 6) is -0.584. The molecule has 25 heavy (non-hydrogen) atoms. The van der Waals surface area contributed by atoms with Gasteiger partial charge in [-0.2, -0.15) is 0 Å². The Labute approximate surface area is 148 Å². The zero-order chi connectivity index (χ0) is 17.6. The number of nitrogens with one attached hydrogen (secondary N) is 2. The van der Waals surface area contributed by atoms with E-state index in [1.165, 1.54) is 24.7 Å². The monoisotopic (exact) mass is 356 g/mol. The van der Waals surface area contributed by atoms with E-state index in [-0.39, 0.29) is 11.5 Å². The molecule has 7 heteroatoms. The summed E-state index contributed by atoms with van der Waals surface area (Å²) in [4.78, 5) is 24.7. The Morgan fingerprint density at radius 2 is 1.80 bits per heavy atom. The van der Waals surface area contributed by atoms with Crippen LogP contribution in [0.4, 0.5) is 5.69 Å². The fourth-order valence-corrected chi connectivity index (χ4v) is 2.22. The van der Waals surface area contributed by atoms with Gasteiger partial charge in [-0.25, -0.2) is 0 Å². The highest BCUT2D eigenvalue weighted by molar-refractivity contribution is 6.31. The van der Waals surface area contributed by atoms with Gasteiger partial charge in [0.15, 0.2) is 5.76 Å². The maximum Gasteiger partial charge on any atom is 0.291 e. The summed E-state index contributed by atoms with van der Waals surface area (Å²) in [6.45, 7) is 0. The first-order chi connectivity index (χ1) is 12.1. The van der Waals surface area contributed by atoms with E-state index < -0.39 is 11.8 Å². The van der Waals surface area contributed by atoms with Crippen molar-refractivity contribution in [2.24, 2.45) is 0 Å². The molecule has 0 saturated heterocycles. The van der Waals surface area contributed by atoms with E-state index in [0.717, 1.165) is 0 Å². The van der Waals surface area contributed by atoms with E-state index in [1.54, 1.807) is 42.5 Å². The smallest absolute Gasteiger partial charge is 0.291 e. The van der Waals surface area contributed by atoms with Crippen molar-refractivity contribution in [2.45, 2.75) is 0 Å². The largest absolute Gasteiger partial charge is 0.465 e. The molecule has 0 atom stereocenters. The van der Waals surface area contributed by atoms with Gasteiger partial charge in [0.25, 0.3) is 11.8 Å². The second kappa shape index (κ2) is 7.55. The first kappa shape index (κ1) is 16.6. The van der Waals surface area contributed by atoms with Gasteiger partial charge in [-0.15, -0.1) is 0 Å². The third kappa shape index (κ3) is 4.39. The minimum Gasteiger partial charge on any atom is -0.465 e. The number of hydrogen-bond donors (Lipinski definition) is 2. The fraction of sp³-hybridized carbons (Fsp3) is 0. The molecule has 2 amide bonds. The molecule has 0 bridgehead atoms. The van der Waals surface area contributed by atoms with Gasteiger partial charge in [0.05, 0.1) is 12.5 Å². The molecule has 126 valence electrons. The number of benzene rings is 1. The molecule has 0 fully saturated rings. The average Bonchev–Trinajstić information content (AvgIpc) is 3.28. The molecule has 2 N–H and O–H groups in total. The van der Waals surface area contributed by atoms with Gasteiger partial charge in [0.2, 0.25) is 0 Å². The molecular formula is C18H13ClN2O4. The Bertz CT molecular complexity index is 899. The van der Waals surface area contributed by atoms with Crippen molar-refractivity contribution in [3.05, 3.63) is 83.3 Å². The molecule has 1 aromatic carbocycles. The third-order valence-electron chi connectivity index (χ3n) is 3.15. The van der Waals surface area contributed by atoms with Crippen LogP contribution in [0.1, 0.15) is 16.3 Å². The lowest BCUT2D eigenvalue weighted by Gasteiger charge is -2.10. The topological polar surface area (TPSA) is 84.5 Å². The molecule has 6 nitrogen and oxygen atoms in total. The zero-order valence-corrected chi connectivity index (χ0v) is 13.6. The summed E-state index contributed by atoms with van der Waals surface area (Å²) in [6.07, 6.45) is 4.25. The summed E-state index contributed by atoms with van der Waals surface area (Å²) in [6, 6.07) is 13.1. The van der Waals surface area contributed by atoms with Crippen LogP contribution in [0.15, 0.2) is 75.6 Å². The summed E-state index contributed by atoms with van der Waals surface area (Å²) >= 11 is 5.91. The lowest BCUT2D eigenvalue weighted by atomic mass is 10.2. The van der Waals surface area contributed by atoms with Crippen molar-refractivity contribution in [3.8, 4) is 0 Å². The number of hydrogen-bond acceptors (Lipinski definition) is 4. The molecule has 0 aliphatic carbocycles. The summed E-state index contributed by atoms with van der Waals surface area (Å²) in [5.41, 5.74) is 0.492. The van der Waals surface area contributed by atoms with Crippen molar-refractivity contribution in [1.29, 1.82) is 0 Å². The minimum absolute atomic E-state index is 0.00340. The zero-order valence-electron chi connectivity index (χ0n) is 12.9. The molecule has 2 aromatic heterocycles. The van der Waals surface area contributed by atoms with Gasteiger partial charge in [-0.1, -0.05) is 17.7 Å². The van der Waals surface area contributed by atoms with Crippen molar-refractivity contribution >= 4 is 35.2 Å². The van der Waals surface area contributed by atoms with Crippen LogP contribution >= 0.6 is 11.6 Å². The lowest BCUT2D eigenvalue weighted by molar-refractivity contribution is -0.113. The Morgan fingerprint density at radius 1 is 1.00 bits per heavy atom. The molecule has 0 aliphatic heterocycles. The highest BCUT2D eigenvalue weighted by Crippen LogP contribution is 2.16. The van der Waals surface area contributed by atoms with Crippen molar-refractivity contribution in [2.75, 3.05) is 5.32 Å². The van der Waals surface area contributed by atoms with E-state index in [9.17, 15) is 9.59 Å². The lowest BCUT2D eigenvalue weighted by Crippen LogP contribution is -2.30. The number of amides is 2. The maximum atomic E-state index is 12.5. The molecule has 3 aromatic rings. The van der Waals surface area contributed by atoms with Crippen LogP contribution in [0.5, 0.6) is 0 Å². The van der Waals surface area contributed by atoms with Crippen LogP contribution in [-0.4, -0.2) is 11.8 Å². The molecule has 0 aliphatic rings. The highest BCUT2D eigenvalue weighted by atomic mass is 35.5. The molecule has 0 saturated carbocycles. The first-order valence-corrected chi connectivity index (χ1v) is 7.66. The fourth-order valence-electron chi connectivity index (χ4n) is 2.03. The Balaban J connectivity index is 1.83. The molecular weight excluding hydrogens is 344 g/mol. The number of carbonyl (C=O) groups is 2. The Kier molecular flexibility index (Phi) is 5.01. The number of furan rings is 2. The number of carbonyl (C=O) groups excluding carboxylic acids is 2. The number of anilines is 1. The molecule has 3 rings (SSSR count). The summed E-state index contributed by atoms with van der Waals surface area (Å²) in [7, 11) is 0. The predicted molar refractivity (Wildman–Crippen MR) is 92.9 cm³/mol. The third-order valence-corrected chi connectivity index (χ3v) is 3.39. The summed E-state index contributed by atoms with van der Waals surface area (Å²) < 4.78 is 10.2. The van der Waals surface area contributed by atoms with E-state index in [0.29, 0.717) is 16.5 Å². The predicted octanol–water partition coefficient (Wildman–Crippen LogP) is 3.94.